The Morgan fingerprint density at radius 1 is 1.55 bits per heavy atom. The predicted molar refractivity (Wildman–Crippen MR) is 80.1 cm³/mol. The topological polar surface area (TPSA) is 71.2 Å². The second-order valence-corrected chi connectivity index (χ2v) is 6.06. The lowest BCUT2D eigenvalue weighted by Crippen LogP contribution is -2.42. The predicted octanol–water partition coefficient (Wildman–Crippen LogP) is 2.23. The van der Waals surface area contributed by atoms with Gasteiger partial charge in [0.05, 0.1) is 11.7 Å². The highest BCUT2D eigenvalue weighted by atomic mass is 32.2. The molecule has 1 aromatic heterocycles. The third-order valence-corrected chi connectivity index (χ3v) is 4.37. The summed E-state index contributed by atoms with van der Waals surface area (Å²) in [5.74, 6) is 0.716. The average molecular weight is 334 g/mol. The molecule has 2 heterocycles. The Morgan fingerprint density at radius 3 is 2.95 bits per heavy atom. The molecule has 0 unspecified atom stereocenters. The van der Waals surface area contributed by atoms with Crippen molar-refractivity contribution < 1.29 is 18.0 Å². The van der Waals surface area contributed by atoms with Crippen molar-refractivity contribution in [3.05, 3.63) is 12.3 Å². The first-order valence-electron chi connectivity index (χ1n) is 6.74. The fourth-order valence-electron chi connectivity index (χ4n) is 2.03. The number of nitrogens with zero attached hydrogens (tertiary/aromatic N) is 2. The largest absolute Gasteiger partial charge is 0.389 e. The van der Waals surface area contributed by atoms with Gasteiger partial charge in [0.1, 0.15) is 5.82 Å². The minimum Gasteiger partial charge on any atom is -0.370 e. The molecule has 0 aliphatic carbocycles. The van der Waals surface area contributed by atoms with Crippen LogP contribution in [-0.4, -0.2) is 42.5 Å². The summed E-state index contributed by atoms with van der Waals surface area (Å²) in [6.45, 7) is 0.162. The van der Waals surface area contributed by atoms with E-state index in [1.54, 1.807) is 19.3 Å². The van der Waals surface area contributed by atoms with Gasteiger partial charge in [0.2, 0.25) is 5.91 Å². The third-order valence-electron chi connectivity index (χ3n) is 3.22. The fourth-order valence-corrected chi connectivity index (χ4v) is 3.00. The normalized spacial score (nSPS) is 18.9. The number of amides is 1. The monoisotopic (exact) mass is 334 g/mol. The van der Waals surface area contributed by atoms with Crippen LogP contribution in [-0.2, 0) is 4.79 Å². The van der Waals surface area contributed by atoms with Crippen LogP contribution in [0.15, 0.2) is 17.2 Å². The molecule has 1 atom stereocenters. The van der Waals surface area contributed by atoms with Crippen LogP contribution in [0.2, 0.25) is 0 Å². The molecule has 0 radical (unpaired) electrons. The van der Waals surface area contributed by atoms with Crippen molar-refractivity contribution in [2.24, 2.45) is 5.73 Å². The number of halogens is 3. The zero-order chi connectivity index (χ0) is 16.3. The summed E-state index contributed by atoms with van der Waals surface area (Å²) in [5, 5.41) is 2.84. The van der Waals surface area contributed by atoms with Crippen molar-refractivity contribution in [2.75, 3.05) is 29.6 Å². The number of nitrogens with two attached hydrogens (primary N) is 1. The fraction of sp³-hybridized carbons (Fsp3) is 0.538. The number of alkyl halides is 3. The third kappa shape index (κ3) is 4.26. The zero-order valence-corrected chi connectivity index (χ0v) is 12.8. The van der Waals surface area contributed by atoms with Gasteiger partial charge in [-0.1, -0.05) is 0 Å². The van der Waals surface area contributed by atoms with E-state index in [1.165, 1.54) is 16.7 Å². The molecule has 0 bridgehead atoms. The minimum atomic E-state index is -4.15. The molecule has 0 spiro atoms. The number of rotatable bonds is 4. The van der Waals surface area contributed by atoms with Crippen LogP contribution >= 0.6 is 11.8 Å². The molecular weight excluding hydrogens is 317 g/mol. The minimum absolute atomic E-state index is 0.0311. The van der Waals surface area contributed by atoms with Gasteiger partial charge in [-0.2, -0.15) is 13.2 Å². The highest BCUT2D eigenvalue weighted by molar-refractivity contribution is 7.99. The van der Waals surface area contributed by atoms with E-state index >= 15 is 0 Å². The Balaban J connectivity index is 2.03. The highest BCUT2D eigenvalue weighted by Crippen LogP contribution is 2.34. The summed E-state index contributed by atoms with van der Waals surface area (Å²) in [6.07, 6.45) is -3.42. The molecule has 3 N–H and O–H groups in total. The zero-order valence-electron chi connectivity index (χ0n) is 12.0. The summed E-state index contributed by atoms with van der Waals surface area (Å²) in [4.78, 5) is 18.5. The van der Waals surface area contributed by atoms with E-state index in [0.717, 1.165) is 4.90 Å². The van der Waals surface area contributed by atoms with Gasteiger partial charge in [0.15, 0.2) is 0 Å². The molecule has 122 valence electrons. The number of carbonyl (C=O) groups is 1. The summed E-state index contributed by atoms with van der Waals surface area (Å²) in [7, 11) is 1.63. The van der Waals surface area contributed by atoms with Gasteiger partial charge in [-0.3, -0.25) is 4.79 Å². The van der Waals surface area contributed by atoms with Crippen LogP contribution in [0.4, 0.5) is 24.7 Å². The SMILES string of the molecule is CN1C(=O)[C@@H](N)CSc2cnc(NCCCC(F)(F)F)cc21. The van der Waals surface area contributed by atoms with Crippen LogP contribution in [0, 0.1) is 0 Å². The average Bonchev–Trinajstić information content (AvgIpc) is 2.56. The number of aromatic nitrogens is 1. The van der Waals surface area contributed by atoms with E-state index in [-0.39, 0.29) is 18.9 Å². The van der Waals surface area contributed by atoms with Crippen LogP contribution < -0.4 is 16.0 Å². The van der Waals surface area contributed by atoms with Gasteiger partial charge >= 0.3 is 6.18 Å². The maximum atomic E-state index is 12.1. The first-order valence-corrected chi connectivity index (χ1v) is 7.73. The summed E-state index contributed by atoms with van der Waals surface area (Å²) in [5.41, 5.74) is 6.43. The maximum Gasteiger partial charge on any atom is 0.389 e. The standard InChI is InChI=1S/C13H17F3N4OS/c1-20-9-5-11(18-4-2-3-13(14,15)16)19-6-10(9)22-7-8(17)12(20)21/h5-6,8H,2-4,7,17H2,1H3,(H,18,19)/t8-/m0/s1. The van der Waals surface area contributed by atoms with E-state index in [0.29, 0.717) is 17.3 Å². The first kappa shape index (κ1) is 16.9. The molecule has 0 aromatic carbocycles. The van der Waals surface area contributed by atoms with Crippen LogP contribution in [0.3, 0.4) is 0 Å². The van der Waals surface area contributed by atoms with Crippen molar-refractivity contribution in [3.63, 3.8) is 0 Å². The van der Waals surface area contributed by atoms with E-state index < -0.39 is 18.6 Å². The smallest absolute Gasteiger partial charge is 0.370 e. The van der Waals surface area contributed by atoms with Gasteiger partial charge in [0, 0.05) is 42.9 Å². The van der Waals surface area contributed by atoms with Crippen LogP contribution in [0.25, 0.3) is 0 Å². The van der Waals surface area contributed by atoms with E-state index in [2.05, 4.69) is 10.3 Å². The summed E-state index contributed by atoms with van der Waals surface area (Å²) in [6, 6.07) is 1.08. The Labute approximate surface area is 130 Å². The number of carbonyl (C=O) groups excluding carboxylic acids is 1. The Morgan fingerprint density at radius 2 is 2.27 bits per heavy atom. The molecule has 0 fully saturated rings. The number of nitrogens with one attached hydrogen (secondary N) is 1. The molecule has 2 rings (SSSR count). The molecule has 1 amide bonds. The molecule has 0 saturated heterocycles. The summed E-state index contributed by atoms with van der Waals surface area (Å²) >= 11 is 1.44. The Kier molecular flexibility index (Phi) is 5.17. The van der Waals surface area contributed by atoms with Gasteiger partial charge in [0.25, 0.3) is 0 Å². The number of anilines is 2. The van der Waals surface area contributed by atoms with Crippen molar-refractivity contribution in [1.82, 2.24) is 4.98 Å². The number of likely N-dealkylation sites (N-methyl/N-ethyl adjacent to an activating group) is 1. The van der Waals surface area contributed by atoms with Crippen molar-refractivity contribution in [1.29, 1.82) is 0 Å². The molecule has 1 aliphatic rings. The number of fused-ring (bicyclic) bond motifs is 1. The molecule has 1 aromatic rings. The first-order chi connectivity index (χ1) is 10.3. The van der Waals surface area contributed by atoms with E-state index in [1.807, 2.05) is 0 Å². The van der Waals surface area contributed by atoms with Gasteiger partial charge in [-0.15, -0.1) is 11.8 Å². The molecule has 0 saturated carbocycles. The molecule has 5 nitrogen and oxygen atoms in total. The van der Waals surface area contributed by atoms with Gasteiger partial charge < -0.3 is 16.0 Å². The number of hydrogen-bond acceptors (Lipinski definition) is 5. The van der Waals surface area contributed by atoms with Crippen molar-refractivity contribution in [2.45, 2.75) is 30.0 Å². The quantitative estimate of drug-likeness (QED) is 0.826. The van der Waals surface area contributed by atoms with Crippen molar-refractivity contribution in [3.8, 4) is 0 Å². The molecule has 9 heteroatoms. The lowest BCUT2D eigenvalue weighted by molar-refractivity contribution is -0.134. The lowest BCUT2D eigenvalue weighted by Gasteiger charge is -2.19. The Bertz CT molecular complexity index is 553. The molecular formula is C13H17F3N4OS. The number of thioether (sulfide) groups is 1. The van der Waals surface area contributed by atoms with Crippen molar-refractivity contribution >= 4 is 29.2 Å². The van der Waals surface area contributed by atoms with E-state index in [9.17, 15) is 18.0 Å². The Hall–Kier alpha value is -1.48. The molecule has 22 heavy (non-hydrogen) atoms. The second kappa shape index (κ2) is 6.74. The number of hydrogen-bond donors (Lipinski definition) is 2. The van der Waals surface area contributed by atoms with E-state index in [4.69, 9.17) is 5.73 Å². The van der Waals surface area contributed by atoms with Gasteiger partial charge in [-0.25, -0.2) is 4.98 Å². The second-order valence-electron chi connectivity index (χ2n) is 5.00. The maximum absolute atomic E-state index is 12.1. The summed E-state index contributed by atoms with van der Waals surface area (Å²) < 4.78 is 36.2. The van der Waals surface area contributed by atoms with Crippen LogP contribution in [0.1, 0.15) is 12.8 Å². The highest BCUT2D eigenvalue weighted by Gasteiger charge is 2.27. The molecule has 1 aliphatic heterocycles. The number of pyridine rings is 1. The van der Waals surface area contributed by atoms with Gasteiger partial charge in [-0.05, 0) is 6.42 Å². The lowest BCUT2D eigenvalue weighted by atomic mass is 10.2. The van der Waals surface area contributed by atoms with Crippen LogP contribution in [0.5, 0.6) is 0 Å².